The SMILES string of the molecule is CCC(N1CCN=C1CC1NCCc2ccccc21)S(=O)(=O)O. The van der Waals surface area contributed by atoms with Crippen LogP contribution in [0.4, 0.5) is 0 Å². The standard InChI is InChI=1S/C16H23N3O3S/c1-2-16(23(20,21)22)19-10-9-18-15(19)11-14-13-6-4-3-5-12(13)7-8-17-14/h3-6,14,16-17H,2,7-11H2,1H3,(H,20,21,22). The summed E-state index contributed by atoms with van der Waals surface area (Å²) >= 11 is 0. The Morgan fingerprint density at radius 3 is 2.96 bits per heavy atom. The van der Waals surface area contributed by atoms with Crippen LogP contribution in [0, 0.1) is 0 Å². The molecule has 0 saturated heterocycles. The van der Waals surface area contributed by atoms with Crippen molar-refractivity contribution in [3.05, 3.63) is 35.4 Å². The monoisotopic (exact) mass is 337 g/mol. The van der Waals surface area contributed by atoms with Crippen LogP contribution in [0.15, 0.2) is 29.3 Å². The molecule has 2 unspecified atom stereocenters. The second-order valence-electron chi connectivity index (χ2n) is 6.03. The molecule has 0 bridgehead atoms. The molecular formula is C16H23N3O3S. The number of aliphatic imine (C=N–C) groups is 1. The van der Waals surface area contributed by atoms with Gasteiger partial charge in [0, 0.05) is 19.0 Å². The second kappa shape index (κ2) is 6.59. The molecule has 1 aromatic carbocycles. The molecule has 0 amide bonds. The van der Waals surface area contributed by atoms with Gasteiger partial charge in [0.2, 0.25) is 0 Å². The minimum absolute atomic E-state index is 0.137. The molecular weight excluding hydrogens is 314 g/mol. The summed E-state index contributed by atoms with van der Waals surface area (Å²) in [6.07, 6.45) is 1.99. The lowest BCUT2D eigenvalue weighted by atomic mass is 9.92. The van der Waals surface area contributed by atoms with Gasteiger partial charge in [0.25, 0.3) is 10.1 Å². The molecule has 2 N–H and O–H groups in total. The molecule has 0 spiro atoms. The molecule has 23 heavy (non-hydrogen) atoms. The summed E-state index contributed by atoms with van der Waals surface area (Å²) in [4.78, 5) is 6.24. The average Bonchev–Trinajstić information content (AvgIpc) is 2.95. The van der Waals surface area contributed by atoms with Crippen molar-refractivity contribution >= 4 is 16.0 Å². The maximum Gasteiger partial charge on any atom is 0.286 e. The molecule has 1 aromatic rings. The number of benzene rings is 1. The van der Waals surface area contributed by atoms with Crippen LogP contribution in [-0.2, 0) is 16.5 Å². The molecule has 0 saturated carbocycles. The number of hydrogen-bond donors (Lipinski definition) is 2. The Hall–Kier alpha value is -1.44. The summed E-state index contributed by atoms with van der Waals surface area (Å²) < 4.78 is 32.7. The zero-order valence-corrected chi connectivity index (χ0v) is 14.1. The molecule has 0 radical (unpaired) electrons. The number of hydrogen-bond acceptors (Lipinski definition) is 5. The van der Waals surface area contributed by atoms with Gasteiger partial charge in [-0.1, -0.05) is 31.2 Å². The summed E-state index contributed by atoms with van der Waals surface area (Å²) in [6, 6.07) is 8.47. The number of rotatable bonds is 5. The normalized spacial score (nSPS) is 22.6. The van der Waals surface area contributed by atoms with E-state index >= 15 is 0 Å². The lowest BCUT2D eigenvalue weighted by molar-refractivity contribution is 0.354. The molecule has 126 valence electrons. The van der Waals surface area contributed by atoms with Crippen molar-refractivity contribution in [2.45, 2.75) is 37.6 Å². The van der Waals surface area contributed by atoms with Crippen LogP contribution in [0.25, 0.3) is 0 Å². The molecule has 2 aliphatic heterocycles. The third-order valence-electron chi connectivity index (χ3n) is 4.61. The fourth-order valence-corrected chi connectivity index (χ4v) is 4.52. The highest BCUT2D eigenvalue weighted by molar-refractivity contribution is 7.86. The number of fused-ring (bicyclic) bond motifs is 1. The van der Waals surface area contributed by atoms with Crippen molar-refractivity contribution in [3.63, 3.8) is 0 Å². The highest BCUT2D eigenvalue weighted by Crippen LogP contribution is 2.28. The smallest absolute Gasteiger partial charge is 0.286 e. The summed E-state index contributed by atoms with van der Waals surface area (Å²) in [7, 11) is -4.11. The topological polar surface area (TPSA) is 82.0 Å². The van der Waals surface area contributed by atoms with Crippen molar-refractivity contribution in [1.82, 2.24) is 10.2 Å². The number of amidine groups is 1. The van der Waals surface area contributed by atoms with Crippen LogP contribution < -0.4 is 5.32 Å². The van der Waals surface area contributed by atoms with E-state index in [1.165, 1.54) is 11.1 Å². The average molecular weight is 337 g/mol. The Morgan fingerprint density at radius 2 is 2.22 bits per heavy atom. The first kappa shape index (κ1) is 16.4. The van der Waals surface area contributed by atoms with Gasteiger partial charge in [-0.05, 0) is 30.5 Å². The maximum atomic E-state index is 11.6. The van der Waals surface area contributed by atoms with Gasteiger partial charge in [0.05, 0.1) is 6.54 Å². The predicted molar refractivity (Wildman–Crippen MR) is 90.1 cm³/mol. The Bertz CT molecular complexity index is 702. The van der Waals surface area contributed by atoms with E-state index in [-0.39, 0.29) is 6.04 Å². The van der Waals surface area contributed by atoms with Crippen molar-refractivity contribution in [1.29, 1.82) is 0 Å². The van der Waals surface area contributed by atoms with E-state index in [1.54, 1.807) is 11.8 Å². The predicted octanol–water partition coefficient (Wildman–Crippen LogP) is 1.60. The van der Waals surface area contributed by atoms with E-state index in [4.69, 9.17) is 0 Å². The Morgan fingerprint density at radius 1 is 1.43 bits per heavy atom. The van der Waals surface area contributed by atoms with E-state index < -0.39 is 15.5 Å². The van der Waals surface area contributed by atoms with Crippen LogP contribution in [0.3, 0.4) is 0 Å². The molecule has 2 heterocycles. The molecule has 6 nitrogen and oxygen atoms in total. The molecule has 2 aliphatic rings. The van der Waals surface area contributed by atoms with E-state index in [0.29, 0.717) is 25.9 Å². The highest BCUT2D eigenvalue weighted by atomic mass is 32.2. The van der Waals surface area contributed by atoms with Crippen LogP contribution in [-0.4, -0.2) is 48.7 Å². The highest BCUT2D eigenvalue weighted by Gasteiger charge is 2.34. The van der Waals surface area contributed by atoms with Crippen LogP contribution >= 0.6 is 0 Å². The summed E-state index contributed by atoms with van der Waals surface area (Å²) in [5, 5.41) is 2.60. The first-order valence-corrected chi connectivity index (χ1v) is 9.58. The summed E-state index contributed by atoms with van der Waals surface area (Å²) in [5.41, 5.74) is 2.59. The molecule has 0 aliphatic carbocycles. The maximum absolute atomic E-state index is 11.6. The lowest BCUT2D eigenvalue weighted by Crippen LogP contribution is -2.44. The first-order valence-electron chi connectivity index (χ1n) is 8.08. The minimum atomic E-state index is -4.11. The summed E-state index contributed by atoms with van der Waals surface area (Å²) in [5.74, 6) is 0.767. The third kappa shape index (κ3) is 3.41. The molecule has 2 atom stereocenters. The van der Waals surface area contributed by atoms with Crippen LogP contribution in [0.5, 0.6) is 0 Å². The van der Waals surface area contributed by atoms with Crippen LogP contribution in [0.1, 0.15) is 36.9 Å². The van der Waals surface area contributed by atoms with Gasteiger partial charge in [-0.15, -0.1) is 0 Å². The van der Waals surface area contributed by atoms with Crippen molar-refractivity contribution in [2.24, 2.45) is 4.99 Å². The Labute approximate surface area is 137 Å². The number of nitrogens with one attached hydrogen (secondary N) is 1. The Kier molecular flexibility index (Phi) is 4.70. The van der Waals surface area contributed by atoms with Crippen LogP contribution in [0.2, 0.25) is 0 Å². The Balaban J connectivity index is 1.80. The zero-order valence-electron chi connectivity index (χ0n) is 13.3. The van der Waals surface area contributed by atoms with Crippen molar-refractivity contribution < 1.29 is 13.0 Å². The molecule has 7 heteroatoms. The quantitative estimate of drug-likeness (QED) is 0.798. The van der Waals surface area contributed by atoms with E-state index in [1.807, 2.05) is 12.1 Å². The largest absolute Gasteiger partial charge is 0.340 e. The van der Waals surface area contributed by atoms with Gasteiger partial charge >= 0.3 is 0 Å². The fraction of sp³-hybridized carbons (Fsp3) is 0.562. The second-order valence-corrected chi connectivity index (χ2v) is 7.60. The lowest BCUT2D eigenvalue weighted by Gasteiger charge is -2.32. The number of nitrogens with zero attached hydrogens (tertiary/aromatic N) is 2. The van der Waals surface area contributed by atoms with Gasteiger partial charge in [0.1, 0.15) is 5.84 Å². The van der Waals surface area contributed by atoms with Gasteiger partial charge in [-0.25, -0.2) is 0 Å². The van der Waals surface area contributed by atoms with Crippen molar-refractivity contribution in [3.8, 4) is 0 Å². The third-order valence-corrected chi connectivity index (χ3v) is 5.89. The van der Waals surface area contributed by atoms with Gasteiger partial charge in [-0.2, -0.15) is 8.42 Å². The molecule has 3 rings (SSSR count). The minimum Gasteiger partial charge on any atom is -0.340 e. The first-order chi connectivity index (χ1) is 11.0. The van der Waals surface area contributed by atoms with E-state index in [2.05, 4.69) is 22.4 Å². The van der Waals surface area contributed by atoms with Crippen molar-refractivity contribution in [2.75, 3.05) is 19.6 Å². The molecule has 0 fully saturated rings. The summed E-state index contributed by atoms with van der Waals surface area (Å²) in [6.45, 7) is 3.80. The van der Waals surface area contributed by atoms with E-state index in [0.717, 1.165) is 18.8 Å². The van der Waals surface area contributed by atoms with Gasteiger partial charge in [0.15, 0.2) is 5.37 Å². The zero-order chi connectivity index (χ0) is 16.4. The van der Waals surface area contributed by atoms with Gasteiger partial charge in [-0.3, -0.25) is 9.55 Å². The fourth-order valence-electron chi connectivity index (χ4n) is 3.55. The van der Waals surface area contributed by atoms with E-state index in [9.17, 15) is 13.0 Å². The van der Waals surface area contributed by atoms with Gasteiger partial charge < -0.3 is 10.2 Å². The molecule has 0 aromatic heterocycles.